The lowest BCUT2D eigenvalue weighted by Crippen LogP contribution is -2.26. The van der Waals surface area contributed by atoms with Crippen molar-refractivity contribution < 1.29 is 5.11 Å². The first-order chi connectivity index (χ1) is 7.85. The van der Waals surface area contributed by atoms with Crippen molar-refractivity contribution in [2.24, 2.45) is 11.8 Å². The highest BCUT2D eigenvalue weighted by Gasteiger charge is 2.29. The number of aliphatic hydroxyl groups excluding tert-OH is 1. The molecule has 1 unspecified atom stereocenters. The summed E-state index contributed by atoms with van der Waals surface area (Å²) in [6.07, 6.45) is 4.73. The van der Waals surface area contributed by atoms with Gasteiger partial charge in [0.25, 0.3) is 0 Å². The van der Waals surface area contributed by atoms with Crippen molar-refractivity contribution in [2.75, 3.05) is 6.61 Å². The van der Waals surface area contributed by atoms with Crippen LogP contribution >= 0.6 is 0 Å². The second-order valence-corrected chi connectivity index (χ2v) is 4.82. The average molecular weight is 217 g/mol. The van der Waals surface area contributed by atoms with Gasteiger partial charge in [0.15, 0.2) is 0 Å². The molecule has 1 aliphatic carbocycles. The van der Waals surface area contributed by atoms with Gasteiger partial charge in [-0.05, 0) is 36.7 Å². The van der Waals surface area contributed by atoms with Crippen LogP contribution in [0.2, 0.25) is 0 Å². The van der Waals surface area contributed by atoms with Gasteiger partial charge in [0.2, 0.25) is 0 Å². The lowest BCUT2D eigenvalue weighted by molar-refractivity contribution is 0.143. The zero-order valence-corrected chi connectivity index (χ0v) is 10.0. The Morgan fingerprint density at radius 1 is 1.19 bits per heavy atom. The number of hydrogen-bond acceptors (Lipinski definition) is 1. The smallest absolute Gasteiger partial charge is 0.0462 e. The van der Waals surface area contributed by atoms with Crippen molar-refractivity contribution in [3.63, 3.8) is 0 Å². The van der Waals surface area contributed by atoms with Crippen LogP contribution in [-0.2, 0) is 0 Å². The molecule has 0 aromatic heterocycles. The quantitative estimate of drug-likeness (QED) is 0.822. The Kier molecular flexibility index (Phi) is 4.00. The molecule has 1 nitrogen and oxygen atoms in total. The van der Waals surface area contributed by atoms with E-state index in [2.05, 4.69) is 37.3 Å². The van der Waals surface area contributed by atoms with E-state index in [1.165, 1.54) is 30.7 Å². The van der Waals surface area contributed by atoms with Gasteiger partial charge in [0, 0.05) is 12.5 Å². The van der Waals surface area contributed by atoms with Crippen LogP contribution in [0.15, 0.2) is 30.3 Å². The molecule has 16 heavy (non-hydrogen) atoms. The molecule has 1 saturated carbocycles. The molecule has 0 bridgehead atoms. The number of hydrogen-bond donors (Lipinski definition) is 1. The largest absolute Gasteiger partial charge is 0.396 e. The standard InChI is InChI=1S/C15H21O/c1-2-12-8-9-14(10-15(12)11-16)13-6-4-3-5-7-13/h3-7,12,15-16H,2,8-11H2,1H3/t12?,15-/m1/s1. The molecule has 1 radical (unpaired) electrons. The molecular formula is C15H21O. The van der Waals surface area contributed by atoms with Crippen LogP contribution in [-0.4, -0.2) is 11.7 Å². The highest BCUT2D eigenvalue weighted by Crippen LogP contribution is 2.39. The van der Waals surface area contributed by atoms with Gasteiger partial charge in [-0.15, -0.1) is 0 Å². The molecule has 0 aliphatic heterocycles. The summed E-state index contributed by atoms with van der Waals surface area (Å²) in [5, 5.41) is 9.44. The van der Waals surface area contributed by atoms with E-state index in [1.807, 2.05) is 0 Å². The molecule has 2 rings (SSSR count). The van der Waals surface area contributed by atoms with Gasteiger partial charge < -0.3 is 5.11 Å². The lowest BCUT2D eigenvalue weighted by Gasteiger charge is -2.34. The highest BCUT2D eigenvalue weighted by atomic mass is 16.3. The Labute approximate surface area is 98.5 Å². The molecule has 1 N–H and O–H groups in total. The van der Waals surface area contributed by atoms with Crippen molar-refractivity contribution in [1.29, 1.82) is 0 Å². The highest BCUT2D eigenvalue weighted by molar-refractivity contribution is 5.31. The monoisotopic (exact) mass is 217 g/mol. The summed E-state index contributed by atoms with van der Waals surface area (Å²) in [5.41, 5.74) is 1.37. The van der Waals surface area contributed by atoms with Gasteiger partial charge in [-0.3, -0.25) is 0 Å². The first kappa shape index (κ1) is 11.7. The first-order valence-corrected chi connectivity index (χ1v) is 6.36. The molecule has 87 valence electrons. The number of rotatable bonds is 3. The Morgan fingerprint density at radius 2 is 1.94 bits per heavy atom. The van der Waals surface area contributed by atoms with E-state index in [0.717, 1.165) is 12.3 Å². The predicted molar refractivity (Wildman–Crippen MR) is 67.0 cm³/mol. The van der Waals surface area contributed by atoms with Crippen LogP contribution in [0.25, 0.3) is 0 Å². The fraction of sp³-hybridized carbons (Fsp3) is 0.533. The minimum atomic E-state index is 0.342. The third-order valence-corrected chi connectivity index (χ3v) is 3.93. The molecule has 2 atom stereocenters. The van der Waals surface area contributed by atoms with E-state index in [-0.39, 0.29) is 0 Å². The summed E-state index contributed by atoms with van der Waals surface area (Å²) >= 11 is 0. The molecule has 1 fully saturated rings. The van der Waals surface area contributed by atoms with E-state index in [9.17, 15) is 5.11 Å². The van der Waals surface area contributed by atoms with Gasteiger partial charge in [-0.25, -0.2) is 0 Å². The molecule has 1 aliphatic rings. The van der Waals surface area contributed by atoms with Gasteiger partial charge in [0.1, 0.15) is 0 Å². The summed E-state index contributed by atoms with van der Waals surface area (Å²) < 4.78 is 0. The van der Waals surface area contributed by atoms with E-state index in [1.54, 1.807) is 0 Å². The molecule has 1 aromatic rings. The lowest BCUT2D eigenvalue weighted by atomic mass is 9.71. The van der Waals surface area contributed by atoms with E-state index >= 15 is 0 Å². The van der Waals surface area contributed by atoms with Crippen molar-refractivity contribution >= 4 is 0 Å². The maximum absolute atomic E-state index is 9.44. The normalized spacial score (nSPS) is 26.9. The summed E-state index contributed by atoms with van der Waals surface area (Å²) in [5.74, 6) is 2.73. The van der Waals surface area contributed by atoms with Gasteiger partial charge in [-0.2, -0.15) is 0 Å². The van der Waals surface area contributed by atoms with E-state index in [4.69, 9.17) is 0 Å². The summed E-state index contributed by atoms with van der Waals surface area (Å²) in [6.45, 7) is 2.58. The topological polar surface area (TPSA) is 20.2 Å². The minimum absolute atomic E-state index is 0.342. The maximum Gasteiger partial charge on any atom is 0.0462 e. The second kappa shape index (κ2) is 5.49. The molecule has 0 spiro atoms. The molecule has 1 aromatic carbocycles. The Hall–Kier alpha value is -0.820. The molecule has 0 saturated heterocycles. The van der Waals surface area contributed by atoms with Gasteiger partial charge in [0.05, 0.1) is 0 Å². The van der Waals surface area contributed by atoms with Crippen molar-refractivity contribution in [2.45, 2.75) is 32.6 Å². The van der Waals surface area contributed by atoms with Crippen molar-refractivity contribution in [3.05, 3.63) is 41.8 Å². The van der Waals surface area contributed by atoms with E-state index < -0.39 is 0 Å². The van der Waals surface area contributed by atoms with Crippen LogP contribution in [0, 0.1) is 17.8 Å². The van der Waals surface area contributed by atoms with Crippen LogP contribution in [0.3, 0.4) is 0 Å². The van der Waals surface area contributed by atoms with Gasteiger partial charge in [-0.1, -0.05) is 43.7 Å². The van der Waals surface area contributed by atoms with Crippen LogP contribution in [0.1, 0.15) is 38.2 Å². The minimum Gasteiger partial charge on any atom is -0.396 e. The zero-order chi connectivity index (χ0) is 11.4. The molecule has 0 amide bonds. The molecular weight excluding hydrogens is 196 g/mol. The first-order valence-electron chi connectivity index (χ1n) is 6.36. The summed E-state index contributed by atoms with van der Waals surface area (Å²) in [7, 11) is 0. The van der Waals surface area contributed by atoms with Crippen LogP contribution in [0.5, 0.6) is 0 Å². The fourth-order valence-electron chi connectivity index (χ4n) is 2.87. The maximum atomic E-state index is 9.44. The second-order valence-electron chi connectivity index (χ2n) is 4.82. The zero-order valence-electron chi connectivity index (χ0n) is 10.0. The van der Waals surface area contributed by atoms with Crippen molar-refractivity contribution in [3.8, 4) is 0 Å². The third-order valence-electron chi connectivity index (χ3n) is 3.93. The summed E-state index contributed by atoms with van der Waals surface area (Å²) in [6, 6.07) is 10.6. The fourth-order valence-corrected chi connectivity index (χ4v) is 2.87. The average Bonchev–Trinajstić information content (AvgIpc) is 2.39. The molecule has 0 heterocycles. The molecule has 1 heteroatoms. The summed E-state index contributed by atoms with van der Waals surface area (Å²) in [4.78, 5) is 0. The SMILES string of the molecule is CCC1CC[C](c2ccccc2)C[C@@H]1CO. The Balaban J connectivity index is 2.05. The van der Waals surface area contributed by atoms with Crippen LogP contribution < -0.4 is 0 Å². The Bertz CT molecular complexity index is 306. The Morgan fingerprint density at radius 3 is 2.56 bits per heavy atom. The number of benzene rings is 1. The van der Waals surface area contributed by atoms with Crippen molar-refractivity contribution in [1.82, 2.24) is 0 Å². The van der Waals surface area contributed by atoms with Crippen LogP contribution in [0.4, 0.5) is 0 Å². The van der Waals surface area contributed by atoms with Gasteiger partial charge >= 0.3 is 0 Å². The van der Waals surface area contributed by atoms with E-state index in [0.29, 0.717) is 12.5 Å². The predicted octanol–water partition coefficient (Wildman–Crippen LogP) is 3.43. The number of aliphatic hydroxyl groups is 1. The third kappa shape index (κ3) is 2.46.